The van der Waals surface area contributed by atoms with Crippen molar-refractivity contribution >= 4 is 5.97 Å². The Morgan fingerprint density at radius 3 is 3.11 bits per heavy atom. The zero-order valence-corrected chi connectivity index (χ0v) is 10.7. The number of benzene rings is 1. The number of carboxylic acid groups (broad SMARTS) is 1. The number of carboxylic acids is 1. The van der Waals surface area contributed by atoms with Crippen LogP contribution < -0.4 is 10.5 Å². The van der Waals surface area contributed by atoms with Crippen LogP contribution in [-0.4, -0.2) is 36.4 Å². The molecule has 1 fully saturated rings. The number of carbonyl (C=O) groups is 1. The van der Waals surface area contributed by atoms with Crippen LogP contribution in [0.15, 0.2) is 24.3 Å². The predicted molar refractivity (Wildman–Crippen MR) is 70.2 cm³/mol. The molecule has 2 unspecified atom stereocenters. The van der Waals surface area contributed by atoms with Crippen molar-refractivity contribution in [3.05, 3.63) is 29.8 Å². The topological polar surface area (TPSA) is 81.8 Å². The summed E-state index contributed by atoms with van der Waals surface area (Å²) in [5.74, 6) is -0.252. The summed E-state index contributed by atoms with van der Waals surface area (Å²) < 4.78 is 11.2. The standard InChI is InChI=1S/C14H19NO4/c15-13(14(16)17)8-10-3-1-4-11(7-10)19-12-5-2-6-18-9-12/h1,3-4,7,12-13H,2,5-6,8-9,15H2,(H,16,17). The number of aliphatic carboxylic acids is 1. The van der Waals surface area contributed by atoms with Crippen molar-refractivity contribution in [1.29, 1.82) is 0 Å². The van der Waals surface area contributed by atoms with Gasteiger partial charge in [-0.1, -0.05) is 12.1 Å². The van der Waals surface area contributed by atoms with E-state index in [1.807, 2.05) is 24.3 Å². The van der Waals surface area contributed by atoms with Gasteiger partial charge in [-0.2, -0.15) is 0 Å². The molecule has 5 heteroatoms. The molecule has 1 aromatic rings. The van der Waals surface area contributed by atoms with Crippen molar-refractivity contribution in [3.63, 3.8) is 0 Å². The molecule has 2 atom stereocenters. The van der Waals surface area contributed by atoms with E-state index in [0.29, 0.717) is 13.0 Å². The number of hydrogen-bond acceptors (Lipinski definition) is 4. The Balaban J connectivity index is 1.96. The first-order valence-corrected chi connectivity index (χ1v) is 6.47. The van der Waals surface area contributed by atoms with Crippen LogP contribution in [0.1, 0.15) is 18.4 Å². The van der Waals surface area contributed by atoms with E-state index in [-0.39, 0.29) is 6.10 Å². The van der Waals surface area contributed by atoms with Crippen LogP contribution in [0.2, 0.25) is 0 Å². The summed E-state index contributed by atoms with van der Waals surface area (Å²) in [5.41, 5.74) is 6.39. The van der Waals surface area contributed by atoms with Crippen molar-refractivity contribution in [2.75, 3.05) is 13.2 Å². The summed E-state index contributed by atoms with van der Waals surface area (Å²) >= 11 is 0. The lowest BCUT2D eigenvalue weighted by Crippen LogP contribution is -2.32. The predicted octanol–water partition coefficient (Wildman–Crippen LogP) is 1.20. The Bertz CT molecular complexity index is 429. The summed E-state index contributed by atoms with van der Waals surface area (Å²) in [6.45, 7) is 1.41. The van der Waals surface area contributed by atoms with Gasteiger partial charge in [0.2, 0.25) is 0 Å². The van der Waals surface area contributed by atoms with Crippen molar-refractivity contribution in [2.45, 2.75) is 31.4 Å². The van der Waals surface area contributed by atoms with E-state index in [2.05, 4.69) is 0 Å². The third-order valence-electron chi connectivity index (χ3n) is 3.09. The largest absolute Gasteiger partial charge is 0.488 e. The maximum absolute atomic E-state index is 10.7. The molecule has 5 nitrogen and oxygen atoms in total. The average Bonchev–Trinajstić information content (AvgIpc) is 2.40. The number of ether oxygens (including phenoxy) is 2. The molecule has 0 saturated carbocycles. The second-order valence-corrected chi connectivity index (χ2v) is 4.75. The van der Waals surface area contributed by atoms with Gasteiger partial charge < -0.3 is 20.3 Å². The monoisotopic (exact) mass is 265 g/mol. The fourth-order valence-corrected chi connectivity index (χ4v) is 2.08. The van der Waals surface area contributed by atoms with Gasteiger partial charge in [0.1, 0.15) is 17.9 Å². The summed E-state index contributed by atoms with van der Waals surface area (Å²) in [6, 6.07) is 6.53. The minimum absolute atomic E-state index is 0.0807. The van der Waals surface area contributed by atoms with Gasteiger partial charge in [-0.05, 0) is 37.0 Å². The molecule has 0 aromatic heterocycles. The maximum atomic E-state index is 10.7. The smallest absolute Gasteiger partial charge is 0.320 e. The van der Waals surface area contributed by atoms with E-state index in [1.54, 1.807) is 0 Å². The first-order valence-electron chi connectivity index (χ1n) is 6.47. The number of hydrogen-bond donors (Lipinski definition) is 2. The zero-order valence-electron chi connectivity index (χ0n) is 10.7. The van der Waals surface area contributed by atoms with Gasteiger partial charge in [0.25, 0.3) is 0 Å². The molecule has 0 spiro atoms. The third kappa shape index (κ3) is 4.22. The molecule has 0 radical (unpaired) electrons. The first-order chi connectivity index (χ1) is 9.15. The lowest BCUT2D eigenvalue weighted by Gasteiger charge is -2.23. The molecular weight excluding hydrogens is 246 g/mol. The zero-order chi connectivity index (χ0) is 13.7. The normalized spacial score (nSPS) is 20.8. The highest BCUT2D eigenvalue weighted by Gasteiger charge is 2.16. The fourth-order valence-electron chi connectivity index (χ4n) is 2.08. The molecule has 1 aliphatic heterocycles. The molecular formula is C14H19NO4. The van der Waals surface area contributed by atoms with Crippen molar-refractivity contribution in [2.24, 2.45) is 5.73 Å². The van der Waals surface area contributed by atoms with Crippen LogP contribution in [0.4, 0.5) is 0 Å². The van der Waals surface area contributed by atoms with E-state index in [4.69, 9.17) is 20.3 Å². The van der Waals surface area contributed by atoms with Crippen LogP contribution >= 0.6 is 0 Å². The maximum Gasteiger partial charge on any atom is 0.320 e. The molecule has 0 aliphatic carbocycles. The summed E-state index contributed by atoms with van der Waals surface area (Å²) in [4.78, 5) is 10.7. The molecule has 2 rings (SSSR count). The van der Waals surface area contributed by atoms with Gasteiger partial charge in [-0.3, -0.25) is 4.79 Å². The van der Waals surface area contributed by atoms with Crippen LogP contribution in [-0.2, 0) is 16.0 Å². The van der Waals surface area contributed by atoms with Crippen molar-refractivity contribution in [1.82, 2.24) is 0 Å². The van der Waals surface area contributed by atoms with E-state index in [9.17, 15) is 4.79 Å². The van der Waals surface area contributed by atoms with Crippen molar-refractivity contribution in [3.8, 4) is 5.75 Å². The molecule has 1 heterocycles. The fraction of sp³-hybridized carbons (Fsp3) is 0.500. The van der Waals surface area contributed by atoms with Gasteiger partial charge in [0.05, 0.1) is 6.61 Å². The molecule has 104 valence electrons. The van der Waals surface area contributed by atoms with E-state index in [1.165, 1.54) is 0 Å². The number of nitrogens with two attached hydrogens (primary N) is 1. The molecule has 1 aliphatic rings. The summed E-state index contributed by atoms with van der Waals surface area (Å²) in [7, 11) is 0. The number of rotatable bonds is 5. The molecule has 3 N–H and O–H groups in total. The van der Waals surface area contributed by atoms with Gasteiger partial charge in [-0.25, -0.2) is 0 Å². The molecule has 19 heavy (non-hydrogen) atoms. The third-order valence-corrected chi connectivity index (χ3v) is 3.09. The highest BCUT2D eigenvalue weighted by Crippen LogP contribution is 2.19. The van der Waals surface area contributed by atoms with Crippen LogP contribution in [0, 0.1) is 0 Å². The summed E-state index contributed by atoms with van der Waals surface area (Å²) in [6.07, 6.45) is 2.37. The Morgan fingerprint density at radius 1 is 1.58 bits per heavy atom. The molecule has 1 saturated heterocycles. The molecule has 1 aromatic carbocycles. The summed E-state index contributed by atoms with van der Waals surface area (Å²) in [5, 5.41) is 8.80. The van der Waals surface area contributed by atoms with Gasteiger partial charge in [0, 0.05) is 6.61 Å². The minimum Gasteiger partial charge on any atom is -0.488 e. The Morgan fingerprint density at radius 2 is 2.42 bits per heavy atom. The lowest BCUT2D eigenvalue weighted by atomic mass is 10.1. The highest BCUT2D eigenvalue weighted by atomic mass is 16.5. The highest BCUT2D eigenvalue weighted by molar-refractivity contribution is 5.73. The second kappa shape index (κ2) is 6.54. The minimum atomic E-state index is -0.994. The Hall–Kier alpha value is -1.59. The quantitative estimate of drug-likeness (QED) is 0.836. The van der Waals surface area contributed by atoms with Crippen molar-refractivity contribution < 1.29 is 19.4 Å². The Kier molecular flexibility index (Phi) is 4.76. The van der Waals surface area contributed by atoms with E-state index in [0.717, 1.165) is 30.8 Å². The molecule has 0 amide bonds. The van der Waals surface area contributed by atoms with Gasteiger partial charge in [0.15, 0.2) is 0 Å². The Labute approximate surface area is 112 Å². The van der Waals surface area contributed by atoms with Crippen LogP contribution in [0.5, 0.6) is 5.75 Å². The lowest BCUT2D eigenvalue weighted by molar-refractivity contribution is -0.138. The van der Waals surface area contributed by atoms with Crippen LogP contribution in [0.3, 0.4) is 0 Å². The molecule has 0 bridgehead atoms. The van der Waals surface area contributed by atoms with E-state index < -0.39 is 12.0 Å². The average molecular weight is 265 g/mol. The van der Waals surface area contributed by atoms with Crippen LogP contribution in [0.25, 0.3) is 0 Å². The van der Waals surface area contributed by atoms with E-state index >= 15 is 0 Å². The SMILES string of the molecule is NC(Cc1cccc(OC2CCCOC2)c1)C(=O)O. The second-order valence-electron chi connectivity index (χ2n) is 4.75. The van der Waals surface area contributed by atoms with Gasteiger partial charge in [-0.15, -0.1) is 0 Å². The first kappa shape index (κ1) is 13.8. The van der Waals surface area contributed by atoms with Gasteiger partial charge >= 0.3 is 5.97 Å².